The molecule has 122 valence electrons. The van der Waals surface area contributed by atoms with Crippen LogP contribution in [0.2, 0.25) is 0 Å². The molecule has 1 aliphatic heterocycles. The van der Waals surface area contributed by atoms with E-state index in [0.717, 1.165) is 30.9 Å². The molecule has 1 aromatic carbocycles. The molecule has 7 heteroatoms. The van der Waals surface area contributed by atoms with Gasteiger partial charge in [-0.3, -0.25) is 0 Å². The number of benzene rings is 1. The molecule has 3 aromatic rings. The van der Waals surface area contributed by atoms with Gasteiger partial charge in [0.2, 0.25) is 5.82 Å². The minimum absolute atomic E-state index is 0.150. The second kappa shape index (κ2) is 6.01. The van der Waals surface area contributed by atoms with Gasteiger partial charge in [0.15, 0.2) is 0 Å². The highest BCUT2D eigenvalue weighted by Crippen LogP contribution is 2.30. The summed E-state index contributed by atoms with van der Waals surface area (Å²) in [6.07, 6.45) is 2.67. The zero-order chi connectivity index (χ0) is 16.5. The molecule has 1 saturated heterocycles. The van der Waals surface area contributed by atoms with Crippen molar-refractivity contribution in [1.29, 1.82) is 0 Å². The molecule has 0 bridgehead atoms. The van der Waals surface area contributed by atoms with Crippen molar-refractivity contribution in [3.63, 3.8) is 0 Å². The molecule has 0 aliphatic carbocycles. The number of halogens is 1. The van der Waals surface area contributed by atoms with E-state index in [1.807, 2.05) is 12.1 Å². The van der Waals surface area contributed by atoms with E-state index in [1.165, 1.54) is 12.1 Å². The highest BCUT2D eigenvalue weighted by Gasteiger charge is 2.24. The van der Waals surface area contributed by atoms with E-state index in [9.17, 15) is 4.39 Å². The molecule has 2 N–H and O–H groups in total. The first-order valence-corrected chi connectivity index (χ1v) is 7.76. The molecule has 1 aliphatic rings. The lowest BCUT2D eigenvalue weighted by atomic mass is 10.2. The van der Waals surface area contributed by atoms with Crippen molar-refractivity contribution in [2.75, 3.05) is 18.0 Å². The number of aromatic nitrogens is 3. The summed E-state index contributed by atoms with van der Waals surface area (Å²) in [7, 11) is 0. The maximum Gasteiger partial charge on any atom is 0.261 e. The lowest BCUT2D eigenvalue weighted by Crippen LogP contribution is -2.27. The van der Waals surface area contributed by atoms with Gasteiger partial charge in [-0.05, 0) is 42.8 Å². The van der Waals surface area contributed by atoms with Gasteiger partial charge in [0.05, 0.1) is 5.56 Å². The fourth-order valence-corrected chi connectivity index (χ4v) is 2.84. The molecule has 4 rings (SSSR count). The third-order valence-corrected chi connectivity index (χ3v) is 4.07. The third kappa shape index (κ3) is 2.74. The van der Waals surface area contributed by atoms with Gasteiger partial charge >= 0.3 is 0 Å². The Morgan fingerprint density at radius 3 is 2.79 bits per heavy atom. The summed E-state index contributed by atoms with van der Waals surface area (Å²) < 4.78 is 18.5. The smallest absolute Gasteiger partial charge is 0.261 e. The van der Waals surface area contributed by atoms with Crippen molar-refractivity contribution in [3.8, 4) is 22.8 Å². The number of rotatable bonds is 3. The number of nitrogens with two attached hydrogens (primary N) is 1. The van der Waals surface area contributed by atoms with Crippen LogP contribution in [-0.2, 0) is 0 Å². The molecule has 0 saturated carbocycles. The van der Waals surface area contributed by atoms with Gasteiger partial charge in [0.25, 0.3) is 5.89 Å². The van der Waals surface area contributed by atoms with Crippen LogP contribution in [0, 0.1) is 5.82 Å². The van der Waals surface area contributed by atoms with E-state index in [4.69, 9.17) is 10.3 Å². The monoisotopic (exact) mass is 325 g/mol. The van der Waals surface area contributed by atoms with Crippen LogP contribution in [0.5, 0.6) is 0 Å². The van der Waals surface area contributed by atoms with E-state index in [-0.39, 0.29) is 11.9 Å². The molecule has 1 fully saturated rings. The van der Waals surface area contributed by atoms with Gasteiger partial charge in [-0.2, -0.15) is 4.98 Å². The molecular formula is C17H16FN5O. The molecule has 0 amide bonds. The molecule has 1 unspecified atom stereocenters. The van der Waals surface area contributed by atoms with E-state index >= 15 is 0 Å². The highest BCUT2D eigenvalue weighted by atomic mass is 19.1. The Morgan fingerprint density at radius 1 is 1.21 bits per heavy atom. The molecular weight excluding hydrogens is 309 g/mol. The average molecular weight is 325 g/mol. The van der Waals surface area contributed by atoms with E-state index in [0.29, 0.717) is 17.3 Å². The zero-order valence-corrected chi connectivity index (χ0v) is 12.9. The minimum Gasteiger partial charge on any atom is -0.354 e. The summed E-state index contributed by atoms with van der Waals surface area (Å²) in [5, 5.41) is 4.00. The van der Waals surface area contributed by atoms with Crippen LogP contribution in [0.15, 0.2) is 47.1 Å². The fourth-order valence-electron chi connectivity index (χ4n) is 2.84. The zero-order valence-electron chi connectivity index (χ0n) is 12.9. The molecule has 0 radical (unpaired) electrons. The normalized spacial score (nSPS) is 17.4. The van der Waals surface area contributed by atoms with Crippen LogP contribution in [-0.4, -0.2) is 34.3 Å². The maximum absolute atomic E-state index is 13.0. The van der Waals surface area contributed by atoms with Gasteiger partial charge in [-0.15, -0.1) is 0 Å². The SMILES string of the molecule is NC1CCN(c2ncccc2-c2nc(-c3ccc(F)cc3)no2)C1. The van der Waals surface area contributed by atoms with E-state index in [1.54, 1.807) is 18.3 Å². The fraction of sp³-hybridized carbons (Fsp3) is 0.235. The topological polar surface area (TPSA) is 81.1 Å². The van der Waals surface area contributed by atoms with Crippen molar-refractivity contribution in [3.05, 3.63) is 48.4 Å². The second-order valence-electron chi connectivity index (χ2n) is 5.80. The van der Waals surface area contributed by atoms with Gasteiger partial charge in [0.1, 0.15) is 11.6 Å². The standard InChI is InChI=1S/C17H16FN5O/c18-12-5-3-11(4-6-12)15-21-17(24-22-15)14-2-1-8-20-16(14)23-9-7-13(19)10-23/h1-6,8,13H,7,9-10,19H2. The van der Waals surface area contributed by atoms with Crippen LogP contribution < -0.4 is 10.6 Å². The maximum atomic E-state index is 13.0. The summed E-state index contributed by atoms with van der Waals surface area (Å²) in [5.41, 5.74) is 7.46. The molecule has 2 aromatic heterocycles. The Balaban J connectivity index is 1.69. The summed E-state index contributed by atoms with van der Waals surface area (Å²) in [5.74, 6) is 1.29. The largest absolute Gasteiger partial charge is 0.354 e. The van der Waals surface area contributed by atoms with E-state index < -0.39 is 0 Å². The Bertz CT molecular complexity index is 848. The van der Waals surface area contributed by atoms with Crippen LogP contribution in [0.25, 0.3) is 22.8 Å². The molecule has 1 atom stereocenters. The number of hydrogen-bond donors (Lipinski definition) is 1. The Hall–Kier alpha value is -2.80. The lowest BCUT2D eigenvalue weighted by molar-refractivity contribution is 0.432. The van der Waals surface area contributed by atoms with Crippen LogP contribution in [0.3, 0.4) is 0 Å². The van der Waals surface area contributed by atoms with Crippen molar-refractivity contribution in [1.82, 2.24) is 15.1 Å². The van der Waals surface area contributed by atoms with Gasteiger partial charge < -0.3 is 15.2 Å². The first-order valence-electron chi connectivity index (χ1n) is 7.76. The predicted molar refractivity (Wildman–Crippen MR) is 87.7 cm³/mol. The lowest BCUT2D eigenvalue weighted by Gasteiger charge is -2.18. The first-order chi connectivity index (χ1) is 11.7. The second-order valence-corrected chi connectivity index (χ2v) is 5.80. The van der Waals surface area contributed by atoms with Crippen molar-refractivity contribution in [2.24, 2.45) is 5.73 Å². The number of anilines is 1. The molecule has 0 spiro atoms. The number of pyridine rings is 1. The number of hydrogen-bond acceptors (Lipinski definition) is 6. The summed E-state index contributed by atoms with van der Waals surface area (Å²) in [4.78, 5) is 11.0. The van der Waals surface area contributed by atoms with Crippen LogP contribution >= 0.6 is 0 Å². The van der Waals surface area contributed by atoms with Crippen molar-refractivity contribution in [2.45, 2.75) is 12.5 Å². The predicted octanol–water partition coefficient (Wildman–Crippen LogP) is 2.48. The van der Waals surface area contributed by atoms with E-state index in [2.05, 4.69) is 20.0 Å². The summed E-state index contributed by atoms with van der Waals surface area (Å²) >= 11 is 0. The van der Waals surface area contributed by atoms with Crippen molar-refractivity contribution >= 4 is 5.82 Å². The highest BCUT2D eigenvalue weighted by molar-refractivity contribution is 5.71. The Kier molecular flexibility index (Phi) is 3.70. The molecule has 24 heavy (non-hydrogen) atoms. The van der Waals surface area contributed by atoms with Crippen molar-refractivity contribution < 1.29 is 8.91 Å². The quantitative estimate of drug-likeness (QED) is 0.797. The number of nitrogens with zero attached hydrogens (tertiary/aromatic N) is 4. The molecule has 3 heterocycles. The Morgan fingerprint density at radius 2 is 2.04 bits per heavy atom. The summed E-state index contributed by atoms with van der Waals surface area (Å²) in [6, 6.07) is 9.85. The van der Waals surface area contributed by atoms with Gasteiger partial charge in [0, 0.05) is 30.9 Å². The van der Waals surface area contributed by atoms with Crippen LogP contribution in [0.4, 0.5) is 10.2 Å². The molecule has 6 nitrogen and oxygen atoms in total. The average Bonchev–Trinajstić information content (AvgIpc) is 3.25. The van der Waals surface area contributed by atoms with Crippen LogP contribution in [0.1, 0.15) is 6.42 Å². The minimum atomic E-state index is -0.303. The first kappa shape index (κ1) is 14.8. The van der Waals surface area contributed by atoms with Gasteiger partial charge in [-0.25, -0.2) is 9.37 Å². The third-order valence-electron chi connectivity index (χ3n) is 4.07. The summed E-state index contributed by atoms with van der Waals surface area (Å²) in [6.45, 7) is 1.60. The Labute approximate surface area is 138 Å². The van der Waals surface area contributed by atoms with Gasteiger partial charge in [-0.1, -0.05) is 5.16 Å².